The SMILES string of the molecule is COC(=O)c1cccc(-c2cc(-c3ccccc3OCc3ccc(OC)cc3)nc(N)c2C#N)c1. The highest BCUT2D eigenvalue weighted by Crippen LogP contribution is 2.35. The number of nitrogens with two attached hydrogens (primary N) is 1. The number of nitrogen functional groups attached to an aromatic ring is 1. The molecule has 0 saturated carbocycles. The number of rotatable bonds is 7. The summed E-state index contributed by atoms with van der Waals surface area (Å²) >= 11 is 0. The van der Waals surface area contributed by atoms with E-state index in [-0.39, 0.29) is 11.4 Å². The molecule has 3 aromatic carbocycles. The molecule has 0 fully saturated rings. The number of pyridine rings is 1. The van der Waals surface area contributed by atoms with Crippen molar-refractivity contribution in [3.8, 4) is 40.0 Å². The van der Waals surface area contributed by atoms with Gasteiger partial charge in [-0.15, -0.1) is 0 Å². The zero-order valence-electron chi connectivity index (χ0n) is 19.3. The number of carbonyl (C=O) groups excluding carboxylic acids is 1. The minimum Gasteiger partial charge on any atom is -0.497 e. The number of ether oxygens (including phenoxy) is 3. The number of hydrogen-bond donors (Lipinski definition) is 1. The first kappa shape index (κ1) is 23.3. The van der Waals surface area contributed by atoms with Crippen LogP contribution in [0.25, 0.3) is 22.4 Å². The van der Waals surface area contributed by atoms with Gasteiger partial charge in [0.2, 0.25) is 0 Å². The zero-order chi connectivity index (χ0) is 24.8. The van der Waals surface area contributed by atoms with Gasteiger partial charge in [-0.25, -0.2) is 9.78 Å². The lowest BCUT2D eigenvalue weighted by Crippen LogP contribution is -2.03. The van der Waals surface area contributed by atoms with Gasteiger partial charge < -0.3 is 19.9 Å². The summed E-state index contributed by atoms with van der Waals surface area (Å²) in [6.07, 6.45) is 0. The molecule has 0 aliphatic carbocycles. The van der Waals surface area contributed by atoms with E-state index in [1.807, 2.05) is 48.5 Å². The summed E-state index contributed by atoms with van der Waals surface area (Å²) in [7, 11) is 2.94. The van der Waals surface area contributed by atoms with Crippen LogP contribution in [0, 0.1) is 11.3 Å². The predicted octanol–water partition coefficient (Wildman–Crippen LogP) is 5.24. The highest BCUT2D eigenvalue weighted by molar-refractivity contribution is 5.92. The van der Waals surface area contributed by atoms with E-state index in [9.17, 15) is 10.1 Å². The van der Waals surface area contributed by atoms with Crippen LogP contribution in [0.4, 0.5) is 5.82 Å². The van der Waals surface area contributed by atoms with Crippen molar-refractivity contribution in [1.29, 1.82) is 5.26 Å². The van der Waals surface area contributed by atoms with Crippen molar-refractivity contribution in [3.05, 3.63) is 95.6 Å². The van der Waals surface area contributed by atoms with E-state index >= 15 is 0 Å². The smallest absolute Gasteiger partial charge is 0.337 e. The van der Waals surface area contributed by atoms with E-state index in [2.05, 4.69) is 11.1 Å². The monoisotopic (exact) mass is 465 g/mol. The lowest BCUT2D eigenvalue weighted by atomic mass is 9.97. The first-order valence-corrected chi connectivity index (χ1v) is 10.8. The average molecular weight is 466 g/mol. The molecular weight excluding hydrogens is 442 g/mol. The molecule has 4 aromatic rings. The van der Waals surface area contributed by atoms with Gasteiger partial charge in [-0.3, -0.25) is 0 Å². The number of nitrogens with zero attached hydrogens (tertiary/aromatic N) is 2. The summed E-state index contributed by atoms with van der Waals surface area (Å²) in [6, 6.07) is 25.9. The van der Waals surface area contributed by atoms with Crippen molar-refractivity contribution in [1.82, 2.24) is 4.98 Å². The van der Waals surface area contributed by atoms with Crippen molar-refractivity contribution in [2.75, 3.05) is 20.0 Å². The molecule has 0 unspecified atom stereocenters. The standard InChI is InChI=1S/C28H23N3O4/c1-33-21-12-10-18(11-13-21)17-35-26-9-4-3-8-22(26)25-15-23(24(16-29)27(30)31-25)19-6-5-7-20(14-19)28(32)34-2/h3-15H,17H2,1-2H3,(H2,30,31). The van der Waals surface area contributed by atoms with Gasteiger partial charge in [0.05, 0.1) is 25.5 Å². The maximum absolute atomic E-state index is 12.0. The van der Waals surface area contributed by atoms with Gasteiger partial charge >= 0.3 is 5.97 Å². The lowest BCUT2D eigenvalue weighted by molar-refractivity contribution is 0.0601. The van der Waals surface area contributed by atoms with E-state index in [1.54, 1.807) is 37.4 Å². The molecular formula is C28H23N3O4. The molecule has 35 heavy (non-hydrogen) atoms. The van der Waals surface area contributed by atoms with Crippen LogP contribution in [0.1, 0.15) is 21.5 Å². The number of hydrogen-bond acceptors (Lipinski definition) is 7. The van der Waals surface area contributed by atoms with Crippen LogP contribution in [0.2, 0.25) is 0 Å². The summed E-state index contributed by atoms with van der Waals surface area (Å²) in [5.41, 5.74) is 10.3. The van der Waals surface area contributed by atoms with Gasteiger partial charge in [-0.1, -0.05) is 36.4 Å². The number of methoxy groups -OCH3 is 2. The van der Waals surface area contributed by atoms with E-state index in [0.717, 1.165) is 16.9 Å². The fourth-order valence-corrected chi connectivity index (χ4v) is 3.67. The summed E-state index contributed by atoms with van der Waals surface area (Å²) in [5, 5.41) is 9.75. The van der Waals surface area contributed by atoms with Crippen LogP contribution in [-0.2, 0) is 11.3 Å². The van der Waals surface area contributed by atoms with E-state index < -0.39 is 5.97 Å². The third-order valence-electron chi connectivity index (χ3n) is 5.47. The fraction of sp³-hybridized carbons (Fsp3) is 0.107. The molecule has 1 heterocycles. The van der Waals surface area contributed by atoms with E-state index in [0.29, 0.717) is 34.7 Å². The third-order valence-corrected chi connectivity index (χ3v) is 5.47. The fourth-order valence-electron chi connectivity index (χ4n) is 3.67. The minimum absolute atomic E-state index is 0.0911. The number of aromatic nitrogens is 1. The Balaban J connectivity index is 1.73. The van der Waals surface area contributed by atoms with Crippen LogP contribution in [0.5, 0.6) is 11.5 Å². The molecule has 0 radical (unpaired) electrons. The Hall–Kier alpha value is -4.83. The van der Waals surface area contributed by atoms with Crippen LogP contribution < -0.4 is 15.2 Å². The molecule has 0 aliphatic rings. The molecule has 4 rings (SSSR count). The molecule has 7 nitrogen and oxygen atoms in total. The van der Waals surface area contributed by atoms with E-state index in [4.69, 9.17) is 19.9 Å². The first-order valence-electron chi connectivity index (χ1n) is 10.8. The Kier molecular flexibility index (Phi) is 6.94. The maximum Gasteiger partial charge on any atom is 0.337 e. The highest BCUT2D eigenvalue weighted by Gasteiger charge is 2.17. The molecule has 174 valence electrons. The van der Waals surface area contributed by atoms with Crippen molar-refractivity contribution < 1.29 is 19.0 Å². The van der Waals surface area contributed by atoms with Gasteiger partial charge in [-0.2, -0.15) is 5.26 Å². The Bertz CT molecular complexity index is 1410. The molecule has 0 saturated heterocycles. The molecule has 1 aromatic heterocycles. The minimum atomic E-state index is -0.468. The van der Waals surface area contributed by atoms with Gasteiger partial charge in [0, 0.05) is 11.1 Å². The number of esters is 1. The van der Waals surface area contributed by atoms with Crippen LogP contribution in [0.15, 0.2) is 78.9 Å². The number of anilines is 1. The van der Waals surface area contributed by atoms with E-state index in [1.165, 1.54) is 7.11 Å². The Morgan fingerprint density at radius 3 is 2.46 bits per heavy atom. The second-order valence-electron chi connectivity index (χ2n) is 7.63. The van der Waals surface area contributed by atoms with Gasteiger partial charge in [0.25, 0.3) is 0 Å². The van der Waals surface area contributed by atoms with Gasteiger partial charge in [-0.05, 0) is 53.6 Å². The highest BCUT2D eigenvalue weighted by atomic mass is 16.5. The van der Waals surface area contributed by atoms with Crippen molar-refractivity contribution in [2.24, 2.45) is 0 Å². The number of para-hydroxylation sites is 1. The maximum atomic E-state index is 12.0. The third kappa shape index (κ3) is 5.07. The lowest BCUT2D eigenvalue weighted by Gasteiger charge is -2.14. The quantitative estimate of drug-likeness (QED) is 0.372. The zero-order valence-corrected chi connectivity index (χ0v) is 19.3. The topological polar surface area (TPSA) is 107 Å². The van der Waals surface area contributed by atoms with Crippen molar-refractivity contribution in [2.45, 2.75) is 6.61 Å². The van der Waals surface area contributed by atoms with Crippen molar-refractivity contribution in [3.63, 3.8) is 0 Å². The summed E-state index contributed by atoms with van der Waals surface area (Å²) in [5.74, 6) is 1.02. The normalized spacial score (nSPS) is 10.3. The largest absolute Gasteiger partial charge is 0.497 e. The number of carbonyl (C=O) groups is 1. The number of benzene rings is 3. The molecule has 0 spiro atoms. The molecule has 0 aliphatic heterocycles. The van der Waals surface area contributed by atoms with Crippen LogP contribution in [-0.4, -0.2) is 25.2 Å². The summed E-state index contributed by atoms with van der Waals surface area (Å²) in [6.45, 7) is 0.348. The number of nitriles is 1. The van der Waals surface area contributed by atoms with Crippen LogP contribution >= 0.6 is 0 Å². The second kappa shape index (κ2) is 10.4. The van der Waals surface area contributed by atoms with Gasteiger partial charge in [0.1, 0.15) is 35.6 Å². The average Bonchev–Trinajstić information content (AvgIpc) is 2.91. The Labute approximate surface area is 203 Å². The molecule has 0 atom stereocenters. The van der Waals surface area contributed by atoms with Gasteiger partial charge in [0.15, 0.2) is 0 Å². The first-order chi connectivity index (χ1) is 17.0. The Morgan fingerprint density at radius 1 is 0.971 bits per heavy atom. The molecule has 7 heteroatoms. The summed E-state index contributed by atoms with van der Waals surface area (Å²) in [4.78, 5) is 16.5. The summed E-state index contributed by atoms with van der Waals surface area (Å²) < 4.78 is 16.1. The van der Waals surface area contributed by atoms with Crippen molar-refractivity contribution >= 4 is 11.8 Å². The molecule has 2 N–H and O–H groups in total. The molecule has 0 bridgehead atoms. The molecule has 0 amide bonds. The second-order valence-corrected chi connectivity index (χ2v) is 7.63. The predicted molar refractivity (Wildman–Crippen MR) is 133 cm³/mol. The van der Waals surface area contributed by atoms with Crippen LogP contribution in [0.3, 0.4) is 0 Å². The Morgan fingerprint density at radius 2 is 1.74 bits per heavy atom.